The van der Waals surface area contributed by atoms with Crippen LogP contribution < -0.4 is 5.32 Å². The molecule has 0 amide bonds. The smallest absolute Gasteiger partial charge is 0.0213 e. The maximum absolute atomic E-state index is 3.68. The number of hydrogen-bond acceptors (Lipinski definition) is 1. The lowest BCUT2D eigenvalue weighted by atomic mass is 9.93. The molecule has 0 bridgehead atoms. The maximum atomic E-state index is 3.68. The molecule has 88 valence electrons. The number of benzene rings is 1. The van der Waals surface area contributed by atoms with E-state index >= 15 is 0 Å². The van der Waals surface area contributed by atoms with Crippen molar-refractivity contribution in [3.63, 3.8) is 0 Å². The van der Waals surface area contributed by atoms with E-state index < -0.39 is 0 Å². The summed E-state index contributed by atoms with van der Waals surface area (Å²) in [5.74, 6) is 0.801. The fourth-order valence-electron chi connectivity index (χ4n) is 2.56. The van der Waals surface area contributed by atoms with E-state index in [-0.39, 0.29) is 0 Å². The molecule has 2 rings (SSSR count). The van der Waals surface area contributed by atoms with Gasteiger partial charge < -0.3 is 5.32 Å². The standard InChI is InChI=1S/C14H20BrN/c1-3-8-16-10-14(9-11(14)2)12-6-4-5-7-13(12)15/h4-7,11,16H,3,8-10H2,1-2H3. The van der Waals surface area contributed by atoms with Crippen LogP contribution in [0.5, 0.6) is 0 Å². The molecule has 1 saturated carbocycles. The Bertz CT molecular complexity index is 364. The van der Waals surface area contributed by atoms with Crippen LogP contribution in [0.25, 0.3) is 0 Å². The zero-order valence-corrected chi connectivity index (χ0v) is 11.7. The zero-order chi connectivity index (χ0) is 11.6. The van der Waals surface area contributed by atoms with Crippen molar-refractivity contribution in [1.29, 1.82) is 0 Å². The van der Waals surface area contributed by atoms with Crippen molar-refractivity contribution < 1.29 is 0 Å². The lowest BCUT2D eigenvalue weighted by Crippen LogP contribution is -2.29. The van der Waals surface area contributed by atoms with Crippen LogP contribution in [-0.2, 0) is 5.41 Å². The molecule has 1 nitrogen and oxygen atoms in total. The van der Waals surface area contributed by atoms with E-state index in [9.17, 15) is 0 Å². The number of rotatable bonds is 5. The summed E-state index contributed by atoms with van der Waals surface area (Å²) in [6, 6.07) is 8.66. The molecule has 16 heavy (non-hydrogen) atoms. The average molecular weight is 282 g/mol. The molecule has 0 spiro atoms. The van der Waals surface area contributed by atoms with Gasteiger partial charge in [-0.05, 0) is 36.9 Å². The second kappa shape index (κ2) is 4.89. The largest absolute Gasteiger partial charge is 0.316 e. The van der Waals surface area contributed by atoms with Crippen LogP contribution in [0.15, 0.2) is 28.7 Å². The lowest BCUT2D eigenvalue weighted by Gasteiger charge is -2.19. The molecule has 0 heterocycles. The molecule has 0 radical (unpaired) electrons. The molecular weight excluding hydrogens is 262 g/mol. The minimum Gasteiger partial charge on any atom is -0.316 e. The van der Waals surface area contributed by atoms with E-state index in [4.69, 9.17) is 0 Å². The fraction of sp³-hybridized carbons (Fsp3) is 0.571. The fourth-order valence-corrected chi connectivity index (χ4v) is 3.24. The first-order chi connectivity index (χ1) is 7.70. The van der Waals surface area contributed by atoms with Gasteiger partial charge in [-0.15, -0.1) is 0 Å². The third kappa shape index (κ3) is 2.18. The Kier molecular flexibility index (Phi) is 3.70. The molecule has 2 unspecified atom stereocenters. The molecular formula is C14H20BrN. The first-order valence-electron chi connectivity index (χ1n) is 6.16. The Hall–Kier alpha value is -0.340. The highest BCUT2D eigenvalue weighted by atomic mass is 79.9. The first kappa shape index (κ1) is 12.1. The monoisotopic (exact) mass is 281 g/mol. The van der Waals surface area contributed by atoms with E-state index in [1.807, 2.05) is 0 Å². The Morgan fingerprint density at radius 2 is 2.12 bits per heavy atom. The van der Waals surface area contributed by atoms with Gasteiger partial charge >= 0.3 is 0 Å². The molecule has 1 aliphatic carbocycles. The normalized spacial score (nSPS) is 28.1. The van der Waals surface area contributed by atoms with Crippen LogP contribution in [0.1, 0.15) is 32.3 Å². The third-order valence-electron chi connectivity index (χ3n) is 3.73. The quantitative estimate of drug-likeness (QED) is 0.811. The number of hydrogen-bond donors (Lipinski definition) is 1. The average Bonchev–Trinajstić information content (AvgIpc) is 2.91. The minimum absolute atomic E-state index is 0.384. The third-order valence-corrected chi connectivity index (χ3v) is 4.42. The van der Waals surface area contributed by atoms with Gasteiger partial charge in [-0.1, -0.05) is 48.0 Å². The molecule has 1 N–H and O–H groups in total. The number of halogens is 1. The van der Waals surface area contributed by atoms with Gasteiger partial charge in [0.25, 0.3) is 0 Å². The summed E-state index contributed by atoms with van der Waals surface area (Å²) in [7, 11) is 0. The highest BCUT2D eigenvalue weighted by Crippen LogP contribution is 2.55. The Labute approximate surface area is 107 Å². The molecule has 0 saturated heterocycles. The van der Waals surface area contributed by atoms with E-state index in [0.29, 0.717) is 5.41 Å². The van der Waals surface area contributed by atoms with Crippen molar-refractivity contribution in [2.24, 2.45) is 5.92 Å². The second-order valence-electron chi connectivity index (χ2n) is 4.92. The van der Waals surface area contributed by atoms with Gasteiger partial charge in [0.1, 0.15) is 0 Å². The van der Waals surface area contributed by atoms with Crippen molar-refractivity contribution >= 4 is 15.9 Å². The lowest BCUT2D eigenvalue weighted by molar-refractivity contribution is 0.540. The van der Waals surface area contributed by atoms with Gasteiger partial charge in [-0.3, -0.25) is 0 Å². The summed E-state index contributed by atoms with van der Waals surface area (Å²) < 4.78 is 1.26. The van der Waals surface area contributed by atoms with Crippen LogP contribution in [0, 0.1) is 5.92 Å². The van der Waals surface area contributed by atoms with Gasteiger partial charge in [0, 0.05) is 16.4 Å². The summed E-state index contributed by atoms with van der Waals surface area (Å²) in [4.78, 5) is 0. The van der Waals surface area contributed by atoms with Gasteiger partial charge in [0.2, 0.25) is 0 Å². The topological polar surface area (TPSA) is 12.0 Å². The highest BCUT2D eigenvalue weighted by molar-refractivity contribution is 9.10. The van der Waals surface area contributed by atoms with Gasteiger partial charge in [0.05, 0.1) is 0 Å². The van der Waals surface area contributed by atoms with E-state index in [1.165, 1.54) is 22.9 Å². The summed E-state index contributed by atoms with van der Waals surface area (Å²) >= 11 is 3.68. The van der Waals surface area contributed by atoms with Crippen molar-refractivity contribution in [3.05, 3.63) is 34.3 Å². The molecule has 1 aromatic carbocycles. The summed E-state index contributed by atoms with van der Waals surface area (Å²) in [5, 5.41) is 3.57. The molecule has 2 atom stereocenters. The maximum Gasteiger partial charge on any atom is 0.0213 e. The van der Waals surface area contributed by atoms with Crippen LogP contribution in [0.2, 0.25) is 0 Å². The first-order valence-corrected chi connectivity index (χ1v) is 6.95. The molecule has 0 aromatic heterocycles. The minimum atomic E-state index is 0.384. The van der Waals surface area contributed by atoms with Crippen molar-refractivity contribution in [3.8, 4) is 0 Å². The van der Waals surface area contributed by atoms with Crippen LogP contribution in [0.4, 0.5) is 0 Å². The molecule has 1 aromatic rings. The van der Waals surface area contributed by atoms with Gasteiger partial charge in [-0.2, -0.15) is 0 Å². The molecule has 2 heteroatoms. The zero-order valence-electron chi connectivity index (χ0n) is 10.1. The van der Waals surface area contributed by atoms with E-state index in [0.717, 1.165) is 19.0 Å². The predicted octanol–water partition coefficient (Wildman–Crippen LogP) is 3.73. The van der Waals surface area contributed by atoms with E-state index in [1.54, 1.807) is 0 Å². The van der Waals surface area contributed by atoms with Crippen LogP contribution in [-0.4, -0.2) is 13.1 Å². The van der Waals surface area contributed by atoms with Gasteiger partial charge in [0.15, 0.2) is 0 Å². The van der Waals surface area contributed by atoms with Crippen molar-refractivity contribution in [2.45, 2.75) is 32.1 Å². The van der Waals surface area contributed by atoms with Crippen LogP contribution >= 0.6 is 15.9 Å². The number of nitrogens with one attached hydrogen (secondary N) is 1. The molecule has 1 aliphatic rings. The Morgan fingerprint density at radius 3 is 2.69 bits per heavy atom. The Balaban J connectivity index is 2.13. The van der Waals surface area contributed by atoms with Crippen molar-refractivity contribution in [1.82, 2.24) is 5.32 Å². The van der Waals surface area contributed by atoms with Crippen LogP contribution in [0.3, 0.4) is 0 Å². The summed E-state index contributed by atoms with van der Waals surface area (Å²) in [6.07, 6.45) is 2.52. The molecule has 0 aliphatic heterocycles. The van der Waals surface area contributed by atoms with Crippen molar-refractivity contribution in [2.75, 3.05) is 13.1 Å². The second-order valence-corrected chi connectivity index (χ2v) is 5.77. The predicted molar refractivity (Wildman–Crippen MR) is 72.8 cm³/mol. The molecule has 1 fully saturated rings. The SMILES string of the molecule is CCCNCC1(c2ccccc2Br)CC1C. The summed E-state index contributed by atoms with van der Waals surface area (Å²) in [6.45, 7) is 6.81. The van der Waals surface area contributed by atoms with Gasteiger partial charge in [-0.25, -0.2) is 0 Å². The Morgan fingerprint density at radius 1 is 1.44 bits per heavy atom. The highest BCUT2D eigenvalue weighted by Gasteiger charge is 2.52. The van der Waals surface area contributed by atoms with E-state index in [2.05, 4.69) is 59.4 Å². The summed E-state index contributed by atoms with van der Waals surface area (Å²) in [5.41, 5.74) is 1.86.